The summed E-state index contributed by atoms with van der Waals surface area (Å²) < 4.78 is 16.8. The first-order valence-electron chi connectivity index (χ1n) is 9.57. The van der Waals surface area contributed by atoms with Gasteiger partial charge in [-0.3, -0.25) is 14.2 Å². The Morgan fingerprint density at radius 2 is 1.83 bits per heavy atom. The third-order valence-corrected chi connectivity index (χ3v) is 4.77. The summed E-state index contributed by atoms with van der Waals surface area (Å²) in [6.07, 6.45) is 3.15. The van der Waals surface area contributed by atoms with E-state index in [-0.39, 0.29) is 23.8 Å². The summed E-state index contributed by atoms with van der Waals surface area (Å²) in [5, 5.41) is 7.42. The van der Waals surface area contributed by atoms with Crippen LogP contribution in [0.3, 0.4) is 0 Å². The Labute approximate surface area is 171 Å². The van der Waals surface area contributed by atoms with Crippen LogP contribution in [0.5, 0.6) is 0 Å². The number of carbonyl (C=O) groups is 1. The van der Waals surface area contributed by atoms with Crippen molar-refractivity contribution in [1.29, 1.82) is 0 Å². The van der Waals surface area contributed by atoms with Gasteiger partial charge < -0.3 is 5.32 Å². The summed E-state index contributed by atoms with van der Waals surface area (Å²) in [5.41, 5.74) is 1.50. The second-order valence-corrected chi connectivity index (χ2v) is 6.89. The molecule has 0 fully saturated rings. The zero-order valence-corrected chi connectivity index (χ0v) is 16.2. The summed E-state index contributed by atoms with van der Waals surface area (Å²) in [4.78, 5) is 29.1. The quantitative estimate of drug-likeness (QED) is 0.511. The van der Waals surface area contributed by atoms with Gasteiger partial charge in [0.25, 0.3) is 5.56 Å². The van der Waals surface area contributed by atoms with Gasteiger partial charge in [0.15, 0.2) is 5.65 Å². The number of halogens is 1. The van der Waals surface area contributed by atoms with Gasteiger partial charge in [-0.1, -0.05) is 48.5 Å². The van der Waals surface area contributed by atoms with Crippen molar-refractivity contribution >= 4 is 16.9 Å². The number of hydrogen-bond acceptors (Lipinski definition) is 4. The zero-order chi connectivity index (χ0) is 20.9. The van der Waals surface area contributed by atoms with E-state index in [0.29, 0.717) is 36.1 Å². The normalized spacial score (nSPS) is 11.0. The number of hydrogen-bond donors (Lipinski definition) is 1. The topological polar surface area (TPSA) is 81.8 Å². The molecule has 0 atom stereocenters. The van der Waals surface area contributed by atoms with Crippen LogP contribution in [-0.4, -0.2) is 31.8 Å². The Morgan fingerprint density at radius 1 is 1.07 bits per heavy atom. The second kappa shape index (κ2) is 8.69. The first kappa shape index (κ1) is 19.5. The average Bonchev–Trinajstić information content (AvgIpc) is 3.16. The van der Waals surface area contributed by atoms with Crippen molar-refractivity contribution in [2.24, 2.45) is 0 Å². The number of aromatic nitrogens is 4. The minimum absolute atomic E-state index is 0.0853. The lowest BCUT2D eigenvalue weighted by Gasteiger charge is -2.08. The lowest BCUT2D eigenvalue weighted by molar-refractivity contribution is -0.120. The molecule has 0 aliphatic rings. The molecular formula is C22H20FN5O2. The third kappa shape index (κ3) is 4.27. The molecule has 4 rings (SSSR count). The van der Waals surface area contributed by atoms with Crippen molar-refractivity contribution in [2.45, 2.75) is 19.5 Å². The number of carbonyl (C=O) groups excluding carboxylic acids is 1. The number of fused-ring (bicyclic) bond motifs is 1. The molecule has 0 saturated heterocycles. The minimum Gasteiger partial charge on any atom is -0.354 e. The van der Waals surface area contributed by atoms with Crippen LogP contribution in [-0.2, 0) is 24.3 Å². The van der Waals surface area contributed by atoms with Gasteiger partial charge in [-0.2, -0.15) is 5.10 Å². The van der Waals surface area contributed by atoms with Gasteiger partial charge in [-0.05, 0) is 11.6 Å². The van der Waals surface area contributed by atoms with Crippen LogP contribution in [0.1, 0.15) is 11.1 Å². The highest BCUT2D eigenvalue weighted by atomic mass is 19.1. The van der Waals surface area contributed by atoms with Crippen molar-refractivity contribution in [1.82, 2.24) is 24.6 Å². The molecule has 0 unspecified atom stereocenters. The lowest BCUT2D eigenvalue weighted by atomic mass is 10.1. The third-order valence-electron chi connectivity index (χ3n) is 4.77. The molecule has 0 saturated carbocycles. The molecule has 1 N–H and O–H groups in total. The largest absolute Gasteiger partial charge is 0.354 e. The average molecular weight is 405 g/mol. The van der Waals surface area contributed by atoms with Crippen molar-refractivity contribution < 1.29 is 9.18 Å². The molecule has 0 aliphatic heterocycles. The number of nitrogens with zero attached hydrogens (tertiary/aromatic N) is 4. The molecule has 152 valence electrons. The summed E-state index contributed by atoms with van der Waals surface area (Å²) in [6, 6.07) is 15.8. The van der Waals surface area contributed by atoms with Crippen molar-refractivity contribution in [3.63, 3.8) is 0 Å². The van der Waals surface area contributed by atoms with Crippen molar-refractivity contribution in [3.05, 3.63) is 94.4 Å². The monoisotopic (exact) mass is 405 g/mol. The van der Waals surface area contributed by atoms with Crippen LogP contribution in [0, 0.1) is 5.82 Å². The number of rotatable bonds is 7. The van der Waals surface area contributed by atoms with E-state index in [1.807, 2.05) is 30.3 Å². The van der Waals surface area contributed by atoms with Crippen LogP contribution in [0.15, 0.2) is 71.9 Å². The van der Waals surface area contributed by atoms with E-state index < -0.39 is 0 Å². The fraction of sp³-hybridized carbons (Fsp3) is 0.182. The van der Waals surface area contributed by atoms with E-state index in [2.05, 4.69) is 15.4 Å². The Kier molecular flexibility index (Phi) is 5.65. The van der Waals surface area contributed by atoms with E-state index in [1.165, 1.54) is 23.2 Å². The maximum absolute atomic E-state index is 13.9. The minimum atomic E-state index is -0.369. The fourth-order valence-electron chi connectivity index (χ4n) is 3.23. The lowest BCUT2D eigenvalue weighted by Crippen LogP contribution is -2.29. The highest BCUT2D eigenvalue weighted by molar-refractivity contribution is 5.78. The van der Waals surface area contributed by atoms with E-state index in [4.69, 9.17) is 0 Å². The maximum atomic E-state index is 13.9. The molecule has 1 amide bonds. The fourth-order valence-corrected chi connectivity index (χ4v) is 3.23. The molecule has 30 heavy (non-hydrogen) atoms. The number of benzene rings is 2. The highest BCUT2D eigenvalue weighted by Crippen LogP contribution is 2.09. The first-order valence-corrected chi connectivity index (χ1v) is 9.57. The van der Waals surface area contributed by atoms with Crippen LogP contribution in [0.4, 0.5) is 4.39 Å². The predicted molar refractivity (Wildman–Crippen MR) is 110 cm³/mol. The summed E-state index contributed by atoms with van der Waals surface area (Å²) in [6.45, 7) is 0.839. The standard InChI is InChI=1S/C22H20FN5O2/c23-19-9-5-4-8-17(19)14-27-15-25-21-18(22(27)30)13-26-28(21)11-10-24-20(29)12-16-6-2-1-3-7-16/h1-9,13,15H,10-12,14H2,(H,24,29). The van der Waals surface area contributed by atoms with E-state index in [9.17, 15) is 14.0 Å². The molecule has 2 aromatic heterocycles. The van der Waals surface area contributed by atoms with Gasteiger partial charge in [0.1, 0.15) is 17.5 Å². The van der Waals surface area contributed by atoms with Crippen LogP contribution >= 0.6 is 0 Å². The van der Waals surface area contributed by atoms with E-state index in [0.717, 1.165) is 5.56 Å². The maximum Gasteiger partial charge on any atom is 0.264 e. The van der Waals surface area contributed by atoms with Gasteiger partial charge in [-0.25, -0.2) is 14.1 Å². The molecule has 0 bridgehead atoms. The molecule has 7 nitrogen and oxygen atoms in total. The van der Waals surface area contributed by atoms with Crippen LogP contribution < -0.4 is 10.9 Å². The molecule has 2 heterocycles. The summed E-state index contributed by atoms with van der Waals surface area (Å²) >= 11 is 0. The highest BCUT2D eigenvalue weighted by Gasteiger charge is 2.12. The summed E-state index contributed by atoms with van der Waals surface area (Å²) in [5.74, 6) is -0.454. The van der Waals surface area contributed by atoms with Crippen molar-refractivity contribution in [2.75, 3.05) is 6.54 Å². The first-order chi connectivity index (χ1) is 14.6. The van der Waals surface area contributed by atoms with Gasteiger partial charge in [0.2, 0.25) is 5.91 Å². The molecule has 4 aromatic rings. The number of amides is 1. The van der Waals surface area contributed by atoms with Gasteiger partial charge >= 0.3 is 0 Å². The van der Waals surface area contributed by atoms with E-state index >= 15 is 0 Å². The SMILES string of the molecule is O=C(Cc1ccccc1)NCCn1ncc2c(=O)n(Cc3ccccc3F)cnc21. The van der Waals surface area contributed by atoms with Gasteiger partial charge in [0.05, 0.1) is 25.7 Å². The molecule has 8 heteroatoms. The van der Waals surface area contributed by atoms with Gasteiger partial charge in [-0.15, -0.1) is 0 Å². The molecule has 2 aromatic carbocycles. The Balaban J connectivity index is 1.42. The number of nitrogens with one attached hydrogen (secondary N) is 1. The zero-order valence-electron chi connectivity index (χ0n) is 16.2. The Hall–Kier alpha value is -3.81. The van der Waals surface area contributed by atoms with Gasteiger partial charge in [0, 0.05) is 12.1 Å². The molecule has 0 spiro atoms. The molecule has 0 aliphatic carbocycles. The molecular weight excluding hydrogens is 385 g/mol. The second-order valence-electron chi connectivity index (χ2n) is 6.89. The smallest absolute Gasteiger partial charge is 0.264 e. The van der Waals surface area contributed by atoms with E-state index in [1.54, 1.807) is 22.9 Å². The van der Waals surface area contributed by atoms with Crippen LogP contribution in [0.2, 0.25) is 0 Å². The Morgan fingerprint density at radius 3 is 2.63 bits per heavy atom. The van der Waals surface area contributed by atoms with Crippen LogP contribution in [0.25, 0.3) is 11.0 Å². The predicted octanol–water partition coefficient (Wildman–Crippen LogP) is 2.14. The Bertz CT molecular complexity index is 1230. The molecule has 0 radical (unpaired) electrons. The summed E-state index contributed by atoms with van der Waals surface area (Å²) in [7, 11) is 0. The van der Waals surface area contributed by atoms with Crippen molar-refractivity contribution in [3.8, 4) is 0 Å².